The van der Waals surface area contributed by atoms with E-state index in [-0.39, 0.29) is 6.54 Å². The first-order valence-electron chi connectivity index (χ1n) is 6.08. The zero-order chi connectivity index (χ0) is 14.0. The Labute approximate surface area is 109 Å². The molecule has 1 heterocycles. The van der Waals surface area contributed by atoms with Crippen LogP contribution in [0.2, 0.25) is 0 Å². The van der Waals surface area contributed by atoms with Gasteiger partial charge in [0, 0.05) is 18.0 Å². The molecule has 19 heavy (non-hydrogen) atoms. The highest BCUT2D eigenvalue weighted by molar-refractivity contribution is 5.57. The minimum Gasteiger partial charge on any atom is -0.385 e. The third-order valence-corrected chi connectivity index (χ3v) is 3.01. The van der Waals surface area contributed by atoms with E-state index in [4.69, 9.17) is 10.9 Å². The van der Waals surface area contributed by atoms with Crippen LogP contribution in [0.15, 0.2) is 0 Å². The Kier molecular flexibility index (Phi) is 4.11. The number of nitrogens with zero attached hydrogens (tertiary/aromatic N) is 2. The summed E-state index contributed by atoms with van der Waals surface area (Å²) >= 11 is 0. The topological polar surface area (TPSA) is 96.1 Å². The number of hydrazine groups is 1. The molecule has 0 radical (unpaired) electrons. The molecule has 0 spiro atoms. The highest BCUT2D eigenvalue weighted by Gasteiger charge is 2.28. The summed E-state index contributed by atoms with van der Waals surface area (Å²) in [4.78, 5) is 8.58. The predicted molar refractivity (Wildman–Crippen MR) is 67.1 cm³/mol. The highest BCUT2D eigenvalue weighted by atomic mass is 19.3. The molecule has 0 bridgehead atoms. The summed E-state index contributed by atoms with van der Waals surface area (Å²) in [6, 6.07) is 0. The van der Waals surface area contributed by atoms with Gasteiger partial charge in [-0.1, -0.05) is 0 Å². The van der Waals surface area contributed by atoms with E-state index in [2.05, 4.69) is 20.7 Å². The number of aliphatic hydroxyl groups excluding tert-OH is 1. The molecule has 1 unspecified atom stereocenters. The van der Waals surface area contributed by atoms with E-state index in [1.54, 1.807) is 6.92 Å². The van der Waals surface area contributed by atoms with Crippen molar-refractivity contribution in [3.8, 4) is 0 Å². The van der Waals surface area contributed by atoms with Crippen molar-refractivity contribution in [3.05, 3.63) is 11.4 Å². The zero-order valence-corrected chi connectivity index (χ0v) is 10.5. The second-order valence-corrected chi connectivity index (χ2v) is 4.61. The molecule has 6 nitrogen and oxygen atoms in total. The van der Waals surface area contributed by atoms with E-state index in [0.717, 1.165) is 12.8 Å². The van der Waals surface area contributed by atoms with Gasteiger partial charge >= 0.3 is 0 Å². The van der Waals surface area contributed by atoms with Crippen LogP contribution in [0.5, 0.6) is 0 Å². The summed E-state index contributed by atoms with van der Waals surface area (Å²) in [7, 11) is 0. The van der Waals surface area contributed by atoms with Crippen LogP contribution < -0.4 is 16.6 Å². The van der Waals surface area contributed by atoms with Crippen LogP contribution in [0.3, 0.4) is 0 Å². The van der Waals surface area contributed by atoms with Crippen LogP contribution in [0.1, 0.15) is 30.1 Å². The predicted octanol–water partition coefficient (Wildman–Crippen LogP) is 0.986. The second kappa shape index (κ2) is 5.62. The summed E-state index contributed by atoms with van der Waals surface area (Å²) in [6.07, 6.45) is -2.48. The number of hydrogen-bond acceptors (Lipinski definition) is 6. The number of aliphatic hydroxyl groups is 1. The summed E-state index contributed by atoms with van der Waals surface area (Å²) in [5.41, 5.74) is 3.10. The summed E-state index contributed by atoms with van der Waals surface area (Å²) < 4.78 is 24.5. The number of alkyl halides is 2. The molecule has 1 aliphatic rings. The number of nitrogens with two attached hydrogens (primary N) is 1. The van der Waals surface area contributed by atoms with E-state index in [1.165, 1.54) is 0 Å². The van der Waals surface area contributed by atoms with E-state index < -0.39 is 12.5 Å². The first-order valence-corrected chi connectivity index (χ1v) is 6.08. The van der Waals surface area contributed by atoms with Crippen LogP contribution in [0, 0.1) is 6.92 Å². The van der Waals surface area contributed by atoms with Gasteiger partial charge in [0.1, 0.15) is 23.6 Å². The quantitative estimate of drug-likeness (QED) is 0.456. The number of rotatable bonds is 6. The maximum absolute atomic E-state index is 12.2. The monoisotopic (exact) mass is 273 g/mol. The zero-order valence-electron chi connectivity index (χ0n) is 10.5. The van der Waals surface area contributed by atoms with Gasteiger partial charge in [-0.15, -0.1) is 0 Å². The fourth-order valence-corrected chi connectivity index (χ4v) is 1.66. The van der Waals surface area contributed by atoms with E-state index in [1.807, 2.05) is 0 Å². The molecule has 1 atom stereocenters. The Morgan fingerprint density at radius 1 is 1.37 bits per heavy atom. The minimum absolute atomic E-state index is 0.274. The molecule has 2 rings (SSSR count). The third-order valence-electron chi connectivity index (χ3n) is 3.01. The van der Waals surface area contributed by atoms with Crippen molar-refractivity contribution in [2.75, 3.05) is 17.3 Å². The molecular weight excluding hydrogens is 256 g/mol. The SMILES string of the molecule is Cc1c(NN)nc(C2CC2)nc1NCC(O)C(F)F. The van der Waals surface area contributed by atoms with Gasteiger partial charge in [-0.3, -0.25) is 0 Å². The molecule has 1 aliphatic carbocycles. The van der Waals surface area contributed by atoms with Crippen molar-refractivity contribution < 1.29 is 13.9 Å². The van der Waals surface area contributed by atoms with Gasteiger partial charge in [0.15, 0.2) is 0 Å². The number of nitrogens with one attached hydrogen (secondary N) is 2. The van der Waals surface area contributed by atoms with E-state index >= 15 is 0 Å². The molecule has 1 aromatic rings. The lowest BCUT2D eigenvalue weighted by Gasteiger charge is -2.15. The van der Waals surface area contributed by atoms with E-state index in [0.29, 0.717) is 28.9 Å². The van der Waals surface area contributed by atoms with Crippen LogP contribution in [-0.4, -0.2) is 34.1 Å². The average molecular weight is 273 g/mol. The van der Waals surface area contributed by atoms with Crippen molar-refractivity contribution in [1.29, 1.82) is 0 Å². The Morgan fingerprint density at radius 3 is 2.53 bits per heavy atom. The molecule has 0 amide bonds. The summed E-state index contributed by atoms with van der Waals surface area (Å²) in [6.45, 7) is 1.45. The van der Waals surface area contributed by atoms with Crippen molar-refractivity contribution >= 4 is 11.6 Å². The van der Waals surface area contributed by atoms with Gasteiger partial charge < -0.3 is 15.8 Å². The number of hydrogen-bond donors (Lipinski definition) is 4. The molecule has 0 aliphatic heterocycles. The van der Waals surface area contributed by atoms with E-state index in [9.17, 15) is 8.78 Å². The van der Waals surface area contributed by atoms with Gasteiger partial charge in [-0.05, 0) is 19.8 Å². The fourth-order valence-electron chi connectivity index (χ4n) is 1.66. The Morgan fingerprint density at radius 2 is 2.00 bits per heavy atom. The van der Waals surface area contributed by atoms with Gasteiger partial charge in [0.2, 0.25) is 0 Å². The smallest absolute Gasteiger partial charge is 0.265 e. The summed E-state index contributed by atoms with van der Waals surface area (Å²) in [5.74, 6) is 7.22. The van der Waals surface area contributed by atoms with Crippen LogP contribution in [-0.2, 0) is 0 Å². The molecule has 0 aromatic carbocycles. The number of nitrogen functional groups attached to an aromatic ring is 1. The minimum atomic E-state index is -2.79. The molecule has 0 saturated heterocycles. The first-order chi connectivity index (χ1) is 9.02. The van der Waals surface area contributed by atoms with Gasteiger partial charge in [0.25, 0.3) is 6.43 Å². The number of halogens is 2. The maximum atomic E-state index is 12.2. The van der Waals surface area contributed by atoms with Crippen molar-refractivity contribution in [2.24, 2.45) is 5.84 Å². The lowest BCUT2D eigenvalue weighted by molar-refractivity contribution is 0.00380. The molecule has 1 saturated carbocycles. The lowest BCUT2D eigenvalue weighted by atomic mass is 10.2. The van der Waals surface area contributed by atoms with Gasteiger partial charge in [-0.25, -0.2) is 24.6 Å². The molecule has 5 N–H and O–H groups in total. The normalized spacial score (nSPS) is 16.5. The van der Waals surface area contributed by atoms with Crippen molar-refractivity contribution in [3.63, 3.8) is 0 Å². The molecule has 106 valence electrons. The second-order valence-electron chi connectivity index (χ2n) is 4.61. The first kappa shape index (κ1) is 13.9. The Hall–Kier alpha value is -1.54. The largest absolute Gasteiger partial charge is 0.385 e. The van der Waals surface area contributed by atoms with Crippen LogP contribution in [0.4, 0.5) is 20.4 Å². The third kappa shape index (κ3) is 3.27. The standard InChI is InChI=1S/C11H17F2N5O/c1-5-9(15-4-7(19)8(12)13)16-11(6-2-3-6)17-10(5)18-14/h6-8,19H,2-4,14H2,1H3,(H2,15,16,17,18). The van der Waals surface area contributed by atoms with Gasteiger partial charge in [-0.2, -0.15) is 0 Å². The molecule has 8 heteroatoms. The lowest BCUT2D eigenvalue weighted by Crippen LogP contribution is -2.27. The number of anilines is 2. The Balaban J connectivity index is 2.15. The number of aromatic nitrogens is 2. The maximum Gasteiger partial charge on any atom is 0.265 e. The van der Waals surface area contributed by atoms with Crippen molar-refractivity contribution in [2.45, 2.75) is 38.2 Å². The highest BCUT2D eigenvalue weighted by Crippen LogP contribution is 2.39. The van der Waals surface area contributed by atoms with Crippen LogP contribution >= 0.6 is 0 Å². The Bertz CT molecular complexity index is 453. The van der Waals surface area contributed by atoms with Gasteiger partial charge in [0.05, 0.1) is 0 Å². The fraction of sp³-hybridized carbons (Fsp3) is 0.636. The van der Waals surface area contributed by atoms with Crippen LogP contribution in [0.25, 0.3) is 0 Å². The van der Waals surface area contributed by atoms with Crippen molar-refractivity contribution in [1.82, 2.24) is 9.97 Å². The average Bonchev–Trinajstić information content (AvgIpc) is 3.21. The summed E-state index contributed by atoms with van der Waals surface area (Å²) in [5, 5.41) is 11.8. The molecular formula is C11H17F2N5O. The molecule has 1 aromatic heterocycles. The molecule has 1 fully saturated rings.